The van der Waals surface area contributed by atoms with E-state index in [1.54, 1.807) is 18.9 Å². The van der Waals surface area contributed by atoms with Crippen molar-refractivity contribution in [2.75, 3.05) is 14.2 Å². The van der Waals surface area contributed by atoms with Crippen molar-refractivity contribution in [3.05, 3.63) is 59.7 Å². The molecule has 1 heterocycles. The minimum atomic E-state index is -0.0328. The average Bonchev–Trinajstić information content (AvgIpc) is 3.03. The fourth-order valence-electron chi connectivity index (χ4n) is 2.96. The van der Waals surface area contributed by atoms with Crippen LogP contribution in [0.5, 0.6) is 5.75 Å². The molecule has 0 fully saturated rings. The van der Waals surface area contributed by atoms with Gasteiger partial charge >= 0.3 is 0 Å². The molecule has 0 radical (unpaired) electrons. The first-order valence-corrected chi connectivity index (χ1v) is 8.64. The molecule has 23 heavy (non-hydrogen) atoms. The van der Waals surface area contributed by atoms with Crippen LogP contribution in [0.4, 0.5) is 0 Å². The summed E-state index contributed by atoms with van der Waals surface area (Å²) < 4.78 is 5.43. The average molecular weight is 327 g/mol. The third-order valence-electron chi connectivity index (χ3n) is 4.44. The molecular weight excluding hydrogens is 306 g/mol. The van der Waals surface area contributed by atoms with E-state index in [0.29, 0.717) is 0 Å². The molecule has 0 bridgehead atoms. The molecule has 0 spiro atoms. The quantitative estimate of drug-likeness (QED) is 0.852. The lowest BCUT2D eigenvalue weighted by Gasteiger charge is -2.28. The van der Waals surface area contributed by atoms with Crippen molar-refractivity contribution in [2.24, 2.45) is 0 Å². The minimum Gasteiger partial charge on any atom is -0.496 e. The summed E-state index contributed by atoms with van der Waals surface area (Å²) in [6, 6.07) is 16.1. The molecule has 120 valence electrons. The van der Waals surface area contributed by atoms with Crippen molar-refractivity contribution in [1.82, 2.24) is 4.90 Å². The fourth-order valence-corrected chi connectivity index (χ4v) is 4.25. The number of benzene rings is 2. The van der Waals surface area contributed by atoms with Crippen LogP contribution in [0.15, 0.2) is 53.4 Å². The third kappa shape index (κ3) is 3.08. The van der Waals surface area contributed by atoms with E-state index < -0.39 is 0 Å². The zero-order valence-electron chi connectivity index (χ0n) is 13.7. The van der Waals surface area contributed by atoms with Gasteiger partial charge in [0.15, 0.2) is 0 Å². The molecule has 2 unspecified atom stereocenters. The Morgan fingerprint density at radius 3 is 2.65 bits per heavy atom. The lowest BCUT2D eigenvalue weighted by Crippen LogP contribution is -2.36. The molecule has 3 rings (SSSR count). The number of hydrogen-bond donors (Lipinski definition) is 0. The van der Waals surface area contributed by atoms with Crippen LogP contribution in [0.1, 0.15) is 24.1 Å². The van der Waals surface area contributed by atoms with E-state index >= 15 is 0 Å². The molecule has 0 aliphatic carbocycles. The smallest absolute Gasteiger partial charge is 0.236 e. The summed E-state index contributed by atoms with van der Waals surface area (Å²) >= 11 is 1.67. The first kappa shape index (κ1) is 15.9. The van der Waals surface area contributed by atoms with Crippen LogP contribution in [0.2, 0.25) is 0 Å². The normalized spacial score (nSPS) is 17.4. The van der Waals surface area contributed by atoms with Crippen LogP contribution >= 0.6 is 11.8 Å². The predicted octanol–water partition coefficient (Wildman–Crippen LogP) is 3.93. The number of fused-ring (bicyclic) bond motifs is 1. The highest BCUT2D eigenvalue weighted by molar-refractivity contribution is 8.01. The van der Waals surface area contributed by atoms with Crippen molar-refractivity contribution >= 4 is 17.7 Å². The predicted molar refractivity (Wildman–Crippen MR) is 94.0 cm³/mol. The van der Waals surface area contributed by atoms with Gasteiger partial charge in [-0.05, 0) is 31.0 Å². The van der Waals surface area contributed by atoms with E-state index in [1.807, 2.05) is 55.3 Å². The highest BCUT2D eigenvalue weighted by Crippen LogP contribution is 2.38. The number of thioether (sulfide) groups is 1. The molecule has 2 aromatic carbocycles. The molecular formula is C19H21NO2S. The second-order valence-corrected chi connectivity index (χ2v) is 7.03. The summed E-state index contributed by atoms with van der Waals surface area (Å²) in [5.41, 5.74) is 2.31. The maximum atomic E-state index is 12.9. The van der Waals surface area contributed by atoms with Crippen molar-refractivity contribution in [2.45, 2.75) is 29.5 Å². The van der Waals surface area contributed by atoms with E-state index in [1.165, 1.54) is 10.5 Å². The van der Waals surface area contributed by atoms with E-state index in [9.17, 15) is 4.79 Å². The fraction of sp³-hybridized carbons (Fsp3) is 0.316. The van der Waals surface area contributed by atoms with E-state index in [0.717, 1.165) is 17.7 Å². The number of carbonyl (C=O) groups is 1. The monoisotopic (exact) mass is 327 g/mol. The highest BCUT2D eigenvalue weighted by atomic mass is 32.2. The first-order chi connectivity index (χ1) is 11.1. The third-order valence-corrected chi connectivity index (χ3v) is 5.75. The molecule has 0 saturated carbocycles. The molecule has 0 N–H and O–H groups in total. The molecule has 1 amide bonds. The minimum absolute atomic E-state index is 0.0250. The standard InChI is InChI=1S/C19H21NO2S/c1-13(15-9-5-6-10-16(15)22-3)20(2)19(21)18-12-14-8-4-7-11-17(14)23-18/h4-11,13,18H,12H2,1-3H3. The number of hydrogen-bond acceptors (Lipinski definition) is 3. The van der Waals surface area contributed by atoms with Crippen LogP contribution in [0.3, 0.4) is 0 Å². The number of carbonyl (C=O) groups excluding carboxylic acids is 1. The second kappa shape index (κ2) is 6.67. The zero-order chi connectivity index (χ0) is 16.4. The lowest BCUT2D eigenvalue weighted by atomic mass is 10.0. The summed E-state index contributed by atoms with van der Waals surface area (Å²) in [7, 11) is 3.54. The van der Waals surface area contributed by atoms with Gasteiger partial charge in [-0.15, -0.1) is 11.8 Å². The molecule has 1 aliphatic heterocycles. The van der Waals surface area contributed by atoms with Crippen LogP contribution in [-0.2, 0) is 11.2 Å². The summed E-state index contributed by atoms with van der Waals surface area (Å²) in [5, 5.41) is -0.0328. The highest BCUT2D eigenvalue weighted by Gasteiger charge is 2.32. The Bertz CT molecular complexity index is 691. The van der Waals surface area contributed by atoms with Crippen LogP contribution < -0.4 is 4.74 Å². The molecule has 2 aromatic rings. The summed E-state index contributed by atoms with van der Waals surface area (Å²) in [4.78, 5) is 16.0. The molecule has 3 nitrogen and oxygen atoms in total. The maximum Gasteiger partial charge on any atom is 0.236 e. The lowest BCUT2D eigenvalue weighted by molar-refractivity contribution is -0.131. The van der Waals surface area contributed by atoms with E-state index in [2.05, 4.69) is 12.1 Å². The van der Waals surface area contributed by atoms with Gasteiger partial charge < -0.3 is 9.64 Å². The summed E-state index contributed by atoms with van der Waals surface area (Å²) in [5.74, 6) is 0.992. The second-order valence-electron chi connectivity index (χ2n) is 5.79. The number of methoxy groups -OCH3 is 1. The van der Waals surface area contributed by atoms with Gasteiger partial charge in [-0.2, -0.15) is 0 Å². The summed E-state index contributed by atoms with van der Waals surface area (Å²) in [6.07, 6.45) is 0.808. The van der Waals surface area contributed by atoms with Gasteiger partial charge in [0.25, 0.3) is 0 Å². The van der Waals surface area contributed by atoms with Crippen molar-refractivity contribution in [3.8, 4) is 5.75 Å². The molecule has 0 aromatic heterocycles. The van der Waals surface area contributed by atoms with E-state index in [-0.39, 0.29) is 17.2 Å². The van der Waals surface area contributed by atoms with Gasteiger partial charge in [-0.3, -0.25) is 4.79 Å². The van der Waals surface area contributed by atoms with Gasteiger partial charge in [0.1, 0.15) is 5.75 Å². The number of nitrogens with zero attached hydrogens (tertiary/aromatic N) is 1. The Kier molecular flexibility index (Phi) is 4.62. The van der Waals surface area contributed by atoms with Gasteiger partial charge in [-0.25, -0.2) is 0 Å². The molecule has 4 heteroatoms. The Morgan fingerprint density at radius 2 is 1.91 bits per heavy atom. The number of para-hydroxylation sites is 1. The number of rotatable bonds is 4. The first-order valence-electron chi connectivity index (χ1n) is 7.76. The zero-order valence-corrected chi connectivity index (χ0v) is 14.5. The van der Waals surface area contributed by atoms with Crippen LogP contribution in [0.25, 0.3) is 0 Å². The maximum absolute atomic E-state index is 12.9. The molecule has 1 aliphatic rings. The SMILES string of the molecule is COc1ccccc1C(C)N(C)C(=O)C1Cc2ccccc2S1. The van der Waals surface area contributed by atoms with Gasteiger partial charge in [0.2, 0.25) is 5.91 Å². The summed E-state index contributed by atoms with van der Waals surface area (Å²) in [6.45, 7) is 2.04. The Labute approximate surface area is 141 Å². The van der Waals surface area contributed by atoms with Crippen molar-refractivity contribution in [1.29, 1.82) is 0 Å². The number of ether oxygens (including phenoxy) is 1. The van der Waals surface area contributed by atoms with Gasteiger partial charge in [-0.1, -0.05) is 36.4 Å². The van der Waals surface area contributed by atoms with Crippen LogP contribution in [0, 0.1) is 0 Å². The molecule has 2 atom stereocenters. The largest absolute Gasteiger partial charge is 0.496 e. The van der Waals surface area contributed by atoms with Crippen LogP contribution in [-0.4, -0.2) is 30.2 Å². The Morgan fingerprint density at radius 1 is 1.22 bits per heavy atom. The number of amides is 1. The van der Waals surface area contributed by atoms with Gasteiger partial charge in [0, 0.05) is 17.5 Å². The molecule has 0 saturated heterocycles. The van der Waals surface area contributed by atoms with E-state index in [4.69, 9.17) is 4.74 Å². The Hall–Kier alpha value is -1.94. The Balaban J connectivity index is 1.75. The van der Waals surface area contributed by atoms with Crippen molar-refractivity contribution in [3.63, 3.8) is 0 Å². The van der Waals surface area contributed by atoms with Crippen molar-refractivity contribution < 1.29 is 9.53 Å². The van der Waals surface area contributed by atoms with Gasteiger partial charge in [0.05, 0.1) is 18.4 Å². The topological polar surface area (TPSA) is 29.5 Å².